The molecule has 128 valence electrons. The number of halogens is 3. The van der Waals surface area contributed by atoms with Gasteiger partial charge in [0.15, 0.2) is 17.5 Å². The maximum absolute atomic E-state index is 13.3. The summed E-state index contributed by atoms with van der Waals surface area (Å²) in [6.45, 7) is 0.0148. The Morgan fingerprint density at radius 3 is 2.40 bits per heavy atom. The molecular formula is C17H12F3N3O2. The van der Waals surface area contributed by atoms with Crippen LogP contribution in [0.2, 0.25) is 0 Å². The largest absolute Gasteiger partial charge is 0.329 e. The number of hydrogen-bond donors (Lipinski definition) is 1. The van der Waals surface area contributed by atoms with Gasteiger partial charge in [-0.2, -0.15) is 0 Å². The molecule has 2 aromatic rings. The molecule has 1 saturated heterocycles. The van der Waals surface area contributed by atoms with Crippen LogP contribution in [0.5, 0.6) is 0 Å². The smallest absolute Gasteiger partial charge is 0.324 e. The molecule has 2 aliphatic rings. The normalized spacial score (nSPS) is 22.3. The predicted octanol–water partition coefficient (Wildman–Crippen LogP) is 2.57. The van der Waals surface area contributed by atoms with Crippen LogP contribution >= 0.6 is 0 Å². The third-order valence-corrected chi connectivity index (χ3v) is 4.46. The molecule has 4 rings (SSSR count). The van der Waals surface area contributed by atoms with E-state index >= 15 is 0 Å². The van der Waals surface area contributed by atoms with Crippen LogP contribution < -0.4 is 5.32 Å². The van der Waals surface area contributed by atoms with Crippen LogP contribution in [0.15, 0.2) is 30.5 Å². The number of amides is 3. The van der Waals surface area contributed by atoms with E-state index in [0.717, 1.165) is 17.7 Å². The van der Waals surface area contributed by atoms with Gasteiger partial charge in [0.1, 0.15) is 0 Å². The van der Waals surface area contributed by atoms with Crippen molar-refractivity contribution in [2.24, 2.45) is 0 Å². The van der Waals surface area contributed by atoms with Gasteiger partial charge in [-0.25, -0.2) is 18.0 Å². The van der Waals surface area contributed by atoms with E-state index in [4.69, 9.17) is 0 Å². The molecule has 0 radical (unpaired) electrons. The quantitative estimate of drug-likeness (QED) is 0.686. The van der Waals surface area contributed by atoms with Gasteiger partial charge in [-0.1, -0.05) is 6.07 Å². The summed E-state index contributed by atoms with van der Waals surface area (Å²) in [6.07, 6.45) is 2.19. The van der Waals surface area contributed by atoms with Gasteiger partial charge in [-0.05, 0) is 30.2 Å². The predicted molar refractivity (Wildman–Crippen MR) is 80.9 cm³/mol. The highest BCUT2D eigenvalue weighted by Crippen LogP contribution is 2.45. The summed E-state index contributed by atoms with van der Waals surface area (Å²) >= 11 is 0. The number of pyridine rings is 1. The summed E-state index contributed by atoms with van der Waals surface area (Å²) in [4.78, 5) is 28.7. The lowest BCUT2D eigenvalue weighted by molar-refractivity contribution is -0.125. The minimum absolute atomic E-state index is 0.00367. The fraction of sp³-hybridized carbons (Fsp3) is 0.235. The summed E-state index contributed by atoms with van der Waals surface area (Å²) in [5.41, 5.74) is 1.25. The first-order valence-corrected chi connectivity index (χ1v) is 7.66. The topological polar surface area (TPSA) is 62.3 Å². The first-order valence-electron chi connectivity index (χ1n) is 7.66. The molecular weight excluding hydrogens is 335 g/mol. The Balaban J connectivity index is 1.54. The Morgan fingerprint density at radius 1 is 1.12 bits per heavy atom. The Bertz CT molecular complexity index is 846. The third kappa shape index (κ3) is 2.63. The van der Waals surface area contributed by atoms with Crippen molar-refractivity contribution in [2.45, 2.75) is 18.4 Å². The molecule has 25 heavy (non-hydrogen) atoms. The van der Waals surface area contributed by atoms with Crippen molar-refractivity contribution < 1.29 is 22.8 Å². The van der Waals surface area contributed by atoms with Gasteiger partial charge in [-0.3, -0.25) is 14.7 Å². The van der Waals surface area contributed by atoms with E-state index in [2.05, 4.69) is 10.3 Å². The first-order chi connectivity index (χ1) is 12.0. The van der Waals surface area contributed by atoms with E-state index in [9.17, 15) is 22.8 Å². The van der Waals surface area contributed by atoms with Gasteiger partial charge in [0, 0.05) is 23.7 Å². The summed E-state index contributed by atoms with van der Waals surface area (Å²) in [7, 11) is 0. The fourth-order valence-electron chi connectivity index (χ4n) is 3.09. The molecule has 2 heterocycles. The van der Waals surface area contributed by atoms with Crippen molar-refractivity contribution >= 4 is 11.9 Å². The van der Waals surface area contributed by atoms with Gasteiger partial charge in [-0.15, -0.1) is 0 Å². The molecule has 1 aromatic heterocycles. The highest BCUT2D eigenvalue weighted by atomic mass is 19.2. The molecule has 0 bridgehead atoms. The molecule has 5 nitrogen and oxygen atoms in total. The number of benzene rings is 1. The summed E-state index contributed by atoms with van der Waals surface area (Å²) in [5.74, 6) is -4.33. The SMILES string of the molecule is O=C1CNC(=O)N1[C@H]1C[C@@H]1c1ccc(-c2cc(F)c(F)c(F)c2)nc1. The summed E-state index contributed by atoms with van der Waals surface area (Å²) < 4.78 is 39.7. The fourth-order valence-corrected chi connectivity index (χ4v) is 3.09. The molecule has 2 fully saturated rings. The van der Waals surface area contributed by atoms with Gasteiger partial charge in [0.2, 0.25) is 5.91 Å². The third-order valence-electron chi connectivity index (χ3n) is 4.46. The molecule has 0 unspecified atom stereocenters. The molecule has 1 aliphatic heterocycles. The Morgan fingerprint density at radius 2 is 1.84 bits per heavy atom. The van der Waals surface area contributed by atoms with Crippen LogP contribution in [0.3, 0.4) is 0 Å². The number of urea groups is 1. The number of imide groups is 1. The number of aromatic nitrogens is 1. The number of carbonyl (C=O) groups is 2. The number of rotatable bonds is 3. The van der Waals surface area contributed by atoms with E-state index in [1.807, 2.05) is 0 Å². The Kier molecular flexibility index (Phi) is 3.48. The minimum atomic E-state index is -1.52. The van der Waals surface area contributed by atoms with Crippen molar-refractivity contribution in [1.29, 1.82) is 0 Å². The molecule has 0 spiro atoms. The first kappa shape index (κ1) is 15.6. The number of nitrogens with zero attached hydrogens (tertiary/aromatic N) is 2. The molecule has 3 amide bonds. The highest BCUT2D eigenvalue weighted by molar-refractivity contribution is 6.02. The van der Waals surface area contributed by atoms with Gasteiger partial charge in [0.25, 0.3) is 0 Å². The second-order valence-corrected chi connectivity index (χ2v) is 6.06. The maximum Gasteiger partial charge on any atom is 0.324 e. The minimum Gasteiger partial charge on any atom is -0.329 e. The van der Waals surface area contributed by atoms with E-state index in [-0.39, 0.29) is 36.0 Å². The lowest BCUT2D eigenvalue weighted by Crippen LogP contribution is -2.33. The van der Waals surface area contributed by atoms with Crippen molar-refractivity contribution in [2.75, 3.05) is 6.54 Å². The molecule has 1 aliphatic carbocycles. The zero-order chi connectivity index (χ0) is 17.7. The van der Waals surface area contributed by atoms with E-state index < -0.39 is 17.5 Å². The average Bonchev–Trinajstić information content (AvgIpc) is 3.31. The lowest BCUT2D eigenvalue weighted by Gasteiger charge is -2.12. The number of hydrogen-bond acceptors (Lipinski definition) is 3. The Hall–Kier alpha value is -2.90. The van der Waals surface area contributed by atoms with Crippen LogP contribution in [0.4, 0.5) is 18.0 Å². The van der Waals surface area contributed by atoms with Crippen molar-refractivity contribution in [3.8, 4) is 11.3 Å². The van der Waals surface area contributed by atoms with Gasteiger partial charge >= 0.3 is 6.03 Å². The monoisotopic (exact) mass is 347 g/mol. The van der Waals surface area contributed by atoms with E-state index in [0.29, 0.717) is 12.1 Å². The average molecular weight is 347 g/mol. The van der Waals surface area contributed by atoms with Crippen molar-refractivity contribution in [1.82, 2.24) is 15.2 Å². The number of nitrogens with one attached hydrogen (secondary N) is 1. The van der Waals surface area contributed by atoms with E-state index in [1.165, 1.54) is 11.1 Å². The molecule has 1 N–H and O–H groups in total. The van der Waals surface area contributed by atoms with Crippen molar-refractivity contribution in [3.05, 3.63) is 53.5 Å². The summed E-state index contributed by atoms with van der Waals surface area (Å²) in [6, 6.07) is 4.48. The Labute approximate surface area is 140 Å². The number of carbonyl (C=O) groups excluding carboxylic acids is 2. The second kappa shape index (κ2) is 5.58. The summed E-state index contributed by atoms with van der Waals surface area (Å²) in [5, 5.41) is 2.48. The maximum atomic E-state index is 13.3. The van der Waals surface area contributed by atoms with Crippen molar-refractivity contribution in [3.63, 3.8) is 0 Å². The second-order valence-electron chi connectivity index (χ2n) is 6.06. The molecule has 1 aromatic carbocycles. The molecule has 1 saturated carbocycles. The van der Waals surface area contributed by atoms with Crippen LogP contribution in [-0.4, -0.2) is 34.4 Å². The zero-order valence-electron chi connectivity index (χ0n) is 12.8. The molecule has 2 atom stereocenters. The van der Waals surface area contributed by atoms with Crippen LogP contribution in [0.25, 0.3) is 11.3 Å². The molecule has 8 heteroatoms. The van der Waals surface area contributed by atoms with Gasteiger partial charge in [0.05, 0.1) is 12.2 Å². The standard InChI is InChI=1S/C17H12F3N3O2/c18-11-3-9(4-12(19)16(11)20)13-2-1-8(6-21-13)10-5-14(10)23-15(24)7-22-17(23)25/h1-4,6,10,14H,5,7H2,(H,22,25)/t10-,14+/m1/s1. The highest BCUT2D eigenvalue weighted by Gasteiger charge is 2.49. The lowest BCUT2D eigenvalue weighted by atomic mass is 10.1. The van der Waals surface area contributed by atoms with Gasteiger partial charge < -0.3 is 5.32 Å². The van der Waals surface area contributed by atoms with E-state index in [1.54, 1.807) is 12.1 Å². The van der Waals surface area contributed by atoms with Crippen LogP contribution in [-0.2, 0) is 4.79 Å². The zero-order valence-corrected chi connectivity index (χ0v) is 12.8. The van der Waals surface area contributed by atoms with Crippen LogP contribution in [0.1, 0.15) is 17.9 Å². The van der Waals surface area contributed by atoms with Crippen LogP contribution in [0, 0.1) is 17.5 Å².